The second-order valence-corrected chi connectivity index (χ2v) is 14.0. The molecule has 4 aromatic carbocycles. The Morgan fingerprint density at radius 2 is 1.34 bits per heavy atom. The Labute approximate surface area is 335 Å². The van der Waals surface area contributed by atoms with Gasteiger partial charge in [-0.1, -0.05) is 18.2 Å². The number of anilines is 1. The van der Waals surface area contributed by atoms with Crippen LogP contribution in [0.25, 0.3) is 10.8 Å². The van der Waals surface area contributed by atoms with Gasteiger partial charge in [-0.15, -0.1) is 5.11 Å². The molecule has 1 amide bonds. The number of azo groups is 1. The minimum Gasteiger partial charge on any atom is -0.505 e. The van der Waals surface area contributed by atoms with E-state index < -0.39 is 91.8 Å². The molecule has 0 spiro atoms. The van der Waals surface area contributed by atoms with E-state index in [1.165, 1.54) is 48.5 Å². The number of nitrogens with one attached hydrogen (secondary N) is 1. The second kappa shape index (κ2) is 17.3. The van der Waals surface area contributed by atoms with Gasteiger partial charge in [0.25, 0.3) is 20.2 Å². The molecule has 47 heavy (non-hydrogen) atoms. The van der Waals surface area contributed by atoms with Crippen LogP contribution in [0.15, 0.2) is 97.7 Å². The number of nitrogens with zero attached hydrogens (tertiary/aromatic N) is 2. The van der Waals surface area contributed by atoms with Crippen LogP contribution in [0.4, 0.5) is 17.1 Å². The van der Waals surface area contributed by atoms with E-state index in [0.29, 0.717) is 6.07 Å². The first-order valence-electron chi connectivity index (χ1n) is 12.1. The van der Waals surface area contributed by atoms with Gasteiger partial charge in [-0.3, -0.25) is 13.9 Å². The minimum atomic E-state index is -5.16. The molecule has 5 N–H and O–H groups in total. The van der Waals surface area contributed by atoms with Crippen LogP contribution < -0.4 is 5.32 Å². The van der Waals surface area contributed by atoms with E-state index in [-0.39, 0.29) is 105 Å². The molecular weight excluding hydrogens is 711 g/mol. The second-order valence-electron chi connectivity index (χ2n) is 9.07. The molecule has 0 atom stereocenters. The van der Waals surface area contributed by atoms with Crippen molar-refractivity contribution in [3.63, 3.8) is 0 Å². The van der Waals surface area contributed by atoms with Gasteiger partial charge < -0.3 is 15.5 Å². The number of sulfone groups is 1. The number of fused-ring (bicyclic) bond motifs is 1. The molecule has 0 aliphatic rings. The van der Waals surface area contributed by atoms with E-state index in [1.54, 1.807) is 6.07 Å². The molecule has 0 unspecified atom stereocenters. The average molecular weight is 733 g/mol. The number of hydrogen-bond donors (Lipinski definition) is 5. The van der Waals surface area contributed by atoms with Crippen molar-refractivity contribution in [3.05, 3.63) is 78.4 Å². The molecule has 0 bridgehead atoms. The number of amides is 1. The van der Waals surface area contributed by atoms with Gasteiger partial charge >= 0.3 is 5.97 Å². The monoisotopic (exact) mass is 732 g/mol. The van der Waals surface area contributed by atoms with Crippen molar-refractivity contribution >= 4 is 158 Å². The van der Waals surface area contributed by atoms with E-state index in [0.717, 1.165) is 12.1 Å². The Balaban J connectivity index is 0.00000368. The van der Waals surface area contributed by atoms with Gasteiger partial charge in [0, 0.05) is 100 Å². The number of hydrogen-bond acceptors (Lipinski definition) is 11. The molecule has 0 aromatic heterocycles. The van der Waals surface area contributed by atoms with E-state index >= 15 is 0 Å². The van der Waals surface area contributed by atoms with Crippen LogP contribution in [0.2, 0.25) is 0 Å². The third-order valence-corrected chi connectivity index (χ3v) is 9.48. The Hall–Kier alpha value is -1.75. The normalized spacial score (nSPS) is 11.6. The Morgan fingerprint density at radius 1 is 0.745 bits per heavy atom. The van der Waals surface area contributed by atoms with Crippen LogP contribution in [0.5, 0.6) is 5.75 Å². The van der Waals surface area contributed by atoms with Gasteiger partial charge in [0.05, 0.1) is 32.5 Å². The third-order valence-electron chi connectivity index (χ3n) is 6.05. The summed E-state index contributed by atoms with van der Waals surface area (Å²) in [5.41, 5.74) is -1.42. The van der Waals surface area contributed by atoms with Crippen molar-refractivity contribution in [1.29, 1.82) is 0 Å². The van der Waals surface area contributed by atoms with E-state index in [9.17, 15) is 49.1 Å². The smallest absolute Gasteiger partial charge is 0.335 e. The van der Waals surface area contributed by atoms with Gasteiger partial charge in [-0.2, -0.15) is 21.9 Å². The summed E-state index contributed by atoms with van der Waals surface area (Å²) in [7, 11) is -14.0. The number of carbonyl (C=O) groups is 2. The van der Waals surface area contributed by atoms with Crippen LogP contribution >= 0.6 is 0 Å². The standard InChI is InChI=1S/C26H21N3O12S3.3Na/c30-22(10-11-42(34,35)18-4-2-1-3-5-18)27-20-14-19(43(36,37)38)12-16-13-21(44(39,40)41)24(25(31)23(16)20)29-28-17-8-6-15(7-9-17)26(32)33;;;/h1-9,12-14,31H,10-11H2,(H,27,30)(H,32,33)(H,36,37,38)(H,39,40,41);;;. The number of rotatable bonds is 10. The van der Waals surface area contributed by atoms with Crippen molar-refractivity contribution < 1.29 is 54.2 Å². The first-order chi connectivity index (χ1) is 20.5. The van der Waals surface area contributed by atoms with Gasteiger partial charge in [-0.05, 0) is 60.0 Å². The number of phenols is 1. The van der Waals surface area contributed by atoms with Crippen molar-refractivity contribution in [2.24, 2.45) is 10.2 Å². The average Bonchev–Trinajstić information content (AvgIpc) is 2.95. The number of carboxylic acid groups (broad SMARTS) is 1. The summed E-state index contributed by atoms with van der Waals surface area (Å²) in [4.78, 5) is 22.0. The summed E-state index contributed by atoms with van der Waals surface area (Å²) in [6, 6.07) is 14.2. The maximum atomic E-state index is 12.8. The zero-order chi connectivity index (χ0) is 32.4. The maximum absolute atomic E-state index is 12.8. The summed E-state index contributed by atoms with van der Waals surface area (Å²) in [5, 5.41) is 29.1. The summed E-state index contributed by atoms with van der Waals surface area (Å²) >= 11 is 0. The van der Waals surface area contributed by atoms with Crippen molar-refractivity contribution in [3.8, 4) is 5.75 Å². The number of aromatic hydroxyl groups is 1. The van der Waals surface area contributed by atoms with Crippen LogP contribution in [0, 0.1) is 0 Å². The summed E-state index contributed by atoms with van der Waals surface area (Å²) in [6.07, 6.45) is -0.627. The molecule has 4 rings (SSSR count). The fourth-order valence-corrected chi connectivity index (χ4v) is 6.43. The molecule has 0 saturated heterocycles. The quantitative estimate of drug-likeness (QED) is 0.0897. The zero-order valence-electron chi connectivity index (χ0n) is 25.0. The third kappa shape index (κ3) is 10.9. The largest absolute Gasteiger partial charge is 0.505 e. The molecule has 0 saturated carbocycles. The number of carbonyl (C=O) groups excluding carboxylic acids is 1. The number of phenolic OH excluding ortho intramolecular Hbond substituents is 1. The van der Waals surface area contributed by atoms with Crippen molar-refractivity contribution in [2.75, 3.05) is 11.1 Å². The molecular formula is C26H21N3Na3O12S3. The van der Waals surface area contributed by atoms with Gasteiger partial charge in [0.1, 0.15) is 10.6 Å². The molecule has 0 fully saturated rings. The molecule has 3 radical (unpaired) electrons. The SMILES string of the molecule is O=C(CCS(=O)(=O)c1ccccc1)Nc1cc(S(=O)(=O)O)cc2cc(S(=O)(=O)O)c(N=Nc3ccc(C(=O)O)cc3)c(O)c12.[Na].[Na].[Na]. The van der Waals surface area contributed by atoms with Crippen LogP contribution in [-0.2, 0) is 34.9 Å². The van der Waals surface area contributed by atoms with Crippen LogP contribution in [0.1, 0.15) is 16.8 Å². The minimum absolute atomic E-state index is 0. The topological polar surface area (TPSA) is 254 Å². The van der Waals surface area contributed by atoms with Crippen LogP contribution in [-0.4, -0.2) is 151 Å². The summed E-state index contributed by atoms with van der Waals surface area (Å²) in [6.45, 7) is 0. The Kier molecular flexibility index (Phi) is 15.9. The molecule has 0 heterocycles. The van der Waals surface area contributed by atoms with Crippen LogP contribution in [0.3, 0.4) is 0 Å². The maximum Gasteiger partial charge on any atom is 0.335 e. The van der Waals surface area contributed by atoms with Gasteiger partial charge in [0.2, 0.25) is 5.91 Å². The Bertz CT molecular complexity index is 2170. The van der Waals surface area contributed by atoms with E-state index in [4.69, 9.17) is 5.11 Å². The molecule has 0 aliphatic heterocycles. The number of benzene rings is 4. The number of aromatic carboxylic acids is 1. The predicted molar refractivity (Wildman–Crippen MR) is 172 cm³/mol. The van der Waals surface area contributed by atoms with E-state index in [1.807, 2.05) is 0 Å². The zero-order valence-corrected chi connectivity index (χ0v) is 33.5. The predicted octanol–water partition coefficient (Wildman–Crippen LogP) is 2.81. The fourth-order valence-electron chi connectivity index (χ4n) is 3.96. The molecule has 0 aliphatic carbocycles. The number of carboxylic acids is 1. The first-order valence-corrected chi connectivity index (χ1v) is 16.6. The van der Waals surface area contributed by atoms with Crippen molar-refractivity contribution in [2.45, 2.75) is 21.1 Å². The summed E-state index contributed by atoms with van der Waals surface area (Å²) < 4.78 is 93.0. The summed E-state index contributed by atoms with van der Waals surface area (Å²) in [5.74, 6) is -3.85. The van der Waals surface area contributed by atoms with E-state index in [2.05, 4.69) is 15.5 Å². The fraction of sp³-hybridized carbons (Fsp3) is 0.0769. The van der Waals surface area contributed by atoms with Crippen molar-refractivity contribution in [1.82, 2.24) is 0 Å². The molecule has 15 nitrogen and oxygen atoms in total. The van der Waals surface area contributed by atoms with Gasteiger partial charge in [0.15, 0.2) is 15.6 Å². The molecule has 4 aromatic rings. The Morgan fingerprint density at radius 3 is 1.87 bits per heavy atom. The molecule has 233 valence electrons. The molecule has 21 heteroatoms. The van der Waals surface area contributed by atoms with Gasteiger partial charge in [-0.25, -0.2) is 13.2 Å². The first kappa shape index (κ1) is 43.3.